The van der Waals surface area contributed by atoms with Crippen LogP contribution in [0, 0.1) is 19.3 Å². The third-order valence-corrected chi connectivity index (χ3v) is 4.76. The third-order valence-electron chi connectivity index (χ3n) is 3.78. The summed E-state index contributed by atoms with van der Waals surface area (Å²) in [6.07, 6.45) is 4.63. The van der Waals surface area contributed by atoms with Gasteiger partial charge in [0, 0.05) is 9.75 Å². The highest BCUT2D eigenvalue weighted by molar-refractivity contribution is 7.12. The zero-order valence-electron chi connectivity index (χ0n) is 9.84. The molecule has 1 fully saturated rings. The van der Waals surface area contributed by atoms with Crippen molar-refractivity contribution in [1.82, 2.24) is 0 Å². The summed E-state index contributed by atoms with van der Waals surface area (Å²) in [7, 11) is 0. The van der Waals surface area contributed by atoms with E-state index in [9.17, 15) is 5.11 Å². The van der Waals surface area contributed by atoms with E-state index in [0.29, 0.717) is 0 Å². The SMILES string of the molecule is Cc1cc(C(O)C2(C)CCCC2)c(C)s1. The first-order valence-electron chi connectivity index (χ1n) is 5.78. The summed E-state index contributed by atoms with van der Waals surface area (Å²) < 4.78 is 0. The number of hydrogen-bond acceptors (Lipinski definition) is 2. The Morgan fingerprint density at radius 2 is 1.93 bits per heavy atom. The highest BCUT2D eigenvalue weighted by Crippen LogP contribution is 2.48. The second kappa shape index (κ2) is 3.91. The summed E-state index contributed by atoms with van der Waals surface area (Å²) in [6.45, 7) is 6.47. The standard InChI is InChI=1S/C13H20OS/c1-9-8-11(10(2)15-9)12(14)13(3)6-4-5-7-13/h8,12,14H,4-7H2,1-3H3. The van der Waals surface area contributed by atoms with Gasteiger partial charge >= 0.3 is 0 Å². The van der Waals surface area contributed by atoms with Crippen molar-refractivity contribution in [1.29, 1.82) is 0 Å². The van der Waals surface area contributed by atoms with E-state index >= 15 is 0 Å². The van der Waals surface area contributed by atoms with Gasteiger partial charge in [-0.15, -0.1) is 11.3 Å². The van der Waals surface area contributed by atoms with Crippen molar-refractivity contribution in [2.45, 2.75) is 52.6 Å². The molecule has 1 atom stereocenters. The lowest BCUT2D eigenvalue weighted by Gasteiger charge is -2.30. The molecule has 0 amide bonds. The fourth-order valence-electron chi connectivity index (χ4n) is 2.75. The molecule has 1 saturated carbocycles. The fraction of sp³-hybridized carbons (Fsp3) is 0.692. The van der Waals surface area contributed by atoms with Crippen molar-refractivity contribution < 1.29 is 5.11 Å². The Morgan fingerprint density at radius 3 is 2.40 bits per heavy atom. The monoisotopic (exact) mass is 224 g/mol. The van der Waals surface area contributed by atoms with Gasteiger partial charge in [-0.3, -0.25) is 0 Å². The number of hydrogen-bond donors (Lipinski definition) is 1. The summed E-state index contributed by atoms with van der Waals surface area (Å²) in [5.74, 6) is 0. The number of thiophene rings is 1. The van der Waals surface area contributed by atoms with Gasteiger partial charge in [-0.2, -0.15) is 0 Å². The molecular formula is C13H20OS. The highest BCUT2D eigenvalue weighted by atomic mass is 32.1. The van der Waals surface area contributed by atoms with Crippen LogP contribution in [0.5, 0.6) is 0 Å². The second-order valence-corrected chi connectivity index (χ2v) is 6.59. The van der Waals surface area contributed by atoms with Crippen LogP contribution in [-0.2, 0) is 0 Å². The molecule has 0 spiro atoms. The summed E-state index contributed by atoms with van der Waals surface area (Å²) in [5.41, 5.74) is 1.29. The molecule has 0 bridgehead atoms. The largest absolute Gasteiger partial charge is 0.388 e. The molecule has 1 N–H and O–H groups in total. The predicted octanol–water partition coefficient (Wildman–Crippen LogP) is 3.98. The van der Waals surface area contributed by atoms with E-state index in [1.54, 1.807) is 11.3 Å². The molecule has 0 aromatic carbocycles. The third kappa shape index (κ3) is 1.98. The minimum absolute atomic E-state index is 0.123. The summed E-state index contributed by atoms with van der Waals surface area (Å²) in [4.78, 5) is 2.59. The molecule has 1 nitrogen and oxygen atoms in total. The Labute approximate surface area is 96.1 Å². The fourth-order valence-corrected chi connectivity index (χ4v) is 3.71. The maximum atomic E-state index is 10.5. The first-order valence-corrected chi connectivity index (χ1v) is 6.59. The van der Waals surface area contributed by atoms with Crippen LogP contribution in [0.25, 0.3) is 0 Å². The lowest BCUT2D eigenvalue weighted by molar-refractivity contribution is 0.0407. The molecule has 1 aliphatic rings. The molecule has 1 heterocycles. The van der Waals surface area contributed by atoms with Crippen LogP contribution in [0.15, 0.2) is 6.07 Å². The average Bonchev–Trinajstić information content (AvgIpc) is 2.73. The van der Waals surface area contributed by atoms with Gasteiger partial charge < -0.3 is 5.11 Å². The van der Waals surface area contributed by atoms with Crippen LogP contribution < -0.4 is 0 Å². The van der Waals surface area contributed by atoms with Crippen molar-refractivity contribution in [3.05, 3.63) is 21.4 Å². The lowest BCUT2D eigenvalue weighted by Crippen LogP contribution is -2.22. The second-order valence-electron chi connectivity index (χ2n) is 5.13. The van der Waals surface area contributed by atoms with Crippen molar-refractivity contribution in [2.24, 2.45) is 5.41 Å². The topological polar surface area (TPSA) is 20.2 Å². The van der Waals surface area contributed by atoms with Gasteiger partial charge in [0.05, 0.1) is 6.10 Å². The van der Waals surface area contributed by atoms with E-state index in [1.807, 2.05) is 0 Å². The molecule has 0 saturated heterocycles. The maximum absolute atomic E-state index is 10.5. The number of aliphatic hydroxyl groups is 1. The zero-order valence-corrected chi connectivity index (χ0v) is 10.7. The molecule has 0 radical (unpaired) electrons. The number of rotatable bonds is 2. The minimum Gasteiger partial charge on any atom is -0.388 e. The van der Waals surface area contributed by atoms with Gasteiger partial charge in [0.1, 0.15) is 0 Å². The molecule has 84 valence electrons. The number of aliphatic hydroxyl groups excluding tert-OH is 1. The van der Waals surface area contributed by atoms with Gasteiger partial charge in [-0.1, -0.05) is 19.8 Å². The summed E-state index contributed by atoms with van der Waals surface area (Å²) >= 11 is 1.80. The van der Waals surface area contributed by atoms with Crippen LogP contribution in [0.3, 0.4) is 0 Å². The van der Waals surface area contributed by atoms with Crippen molar-refractivity contribution >= 4 is 11.3 Å². The van der Waals surface area contributed by atoms with Crippen LogP contribution in [0.4, 0.5) is 0 Å². The Kier molecular flexibility index (Phi) is 2.91. The molecule has 2 rings (SSSR count). The quantitative estimate of drug-likeness (QED) is 0.805. The minimum atomic E-state index is -0.259. The lowest BCUT2D eigenvalue weighted by atomic mass is 9.79. The smallest absolute Gasteiger partial charge is 0.0854 e. The molecular weight excluding hydrogens is 204 g/mol. The molecule has 2 heteroatoms. The van der Waals surface area contributed by atoms with Crippen LogP contribution in [-0.4, -0.2) is 5.11 Å². The van der Waals surface area contributed by atoms with Gasteiger partial charge in [0.15, 0.2) is 0 Å². The van der Waals surface area contributed by atoms with Crippen LogP contribution in [0.2, 0.25) is 0 Å². The molecule has 1 unspecified atom stereocenters. The zero-order chi connectivity index (χ0) is 11.1. The van der Waals surface area contributed by atoms with Crippen LogP contribution in [0.1, 0.15) is 54.0 Å². The van der Waals surface area contributed by atoms with Crippen molar-refractivity contribution in [3.8, 4) is 0 Å². The Morgan fingerprint density at radius 1 is 1.33 bits per heavy atom. The van der Waals surface area contributed by atoms with Gasteiger partial charge in [-0.25, -0.2) is 0 Å². The molecule has 1 aromatic heterocycles. The molecule has 1 aromatic rings. The summed E-state index contributed by atoms with van der Waals surface area (Å²) in [6, 6.07) is 2.16. The van der Waals surface area contributed by atoms with E-state index in [2.05, 4.69) is 26.8 Å². The summed E-state index contributed by atoms with van der Waals surface area (Å²) in [5, 5.41) is 10.5. The van der Waals surface area contributed by atoms with Crippen molar-refractivity contribution in [3.63, 3.8) is 0 Å². The first-order chi connectivity index (χ1) is 7.03. The maximum Gasteiger partial charge on any atom is 0.0854 e. The van der Waals surface area contributed by atoms with Gasteiger partial charge in [-0.05, 0) is 43.7 Å². The Balaban J connectivity index is 2.27. The van der Waals surface area contributed by atoms with E-state index in [-0.39, 0.29) is 11.5 Å². The van der Waals surface area contributed by atoms with E-state index < -0.39 is 0 Å². The number of aryl methyl sites for hydroxylation is 2. The molecule has 1 aliphatic carbocycles. The van der Waals surface area contributed by atoms with E-state index in [4.69, 9.17) is 0 Å². The average molecular weight is 224 g/mol. The van der Waals surface area contributed by atoms with Gasteiger partial charge in [0.2, 0.25) is 0 Å². The van der Waals surface area contributed by atoms with Crippen LogP contribution >= 0.6 is 11.3 Å². The Hall–Kier alpha value is -0.340. The van der Waals surface area contributed by atoms with Crippen molar-refractivity contribution in [2.75, 3.05) is 0 Å². The molecule has 15 heavy (non-hydrogen) atoms. The predicted molar refractivity (Wildman–Crippen MR) is 65.3 cm³/mol. The van der Waals surface area contributed by atoms with E-state index in [1.165, 1.54) is 41.0 Å². The Bertz CT molecular complexity index is 347. The molecule has 0 aliphatic heterocycles. The first kappa shape index (κ1) is 11.2. The highest BCUT2D eigenvalue weighted by Gasteiger charge is 2.37. The normalized spacial score (nSPS) is 21.9. The van der Waals surface area contributed by atoms with E-state index in [0.717, 1.165) is 0 Å². The van der Waals surface area contributed by atoms with Gasteiger partial charge in [0.25, 0.3) is 0 Å².